The standard InChI is InChI=1S/C18H22N2/c1-13-4-3-5-14(2)18(13)20-11-10-16(12-20)15-6-8-17(19)9-7-15/h3-9,16H,10-12,19H2,1-2H3. The first-order valence-electron chi connectivity index (χ1n) is 7.32. The molecule has 3 rings (SSSR count). The maximum Gasteiger partial charge on any atom is 0.0425 e. The molecule has 0 saturated carbocycles. The van der Waals surface area contributed by atoms with Crippen LogP contribution in [-0.4, -0.2) is 13.1 Å². The Bertz CT molecular complexity index is 581. The number of rotatable bonds is 2. The van der Waals surface area contributed by atoms with Gasteiger partial charge in [-0.2, -0.15) is 0 Å². The molecular formula is C18H22N2. The number of aryl methyl sites for hydroxylation is 2. The molecule has 2 aromatic carbocycles. The van der Waals surface area contributed by atoms with Gasteiger partial charge in [-0.15, -0.1) is 0 Å². The summed E-state index contributed by atoms with van der Waals surface area (Å²) < 4.78 is 0. The fraction of sp³-hybridized carbons (Fsp3) is 0.333. The van der Waals surface area contributed by atoms with E-state index in [4.69, 9.17) is 5.73 Å². The van der Waals surface area contributed by atoms with Gasteiger partial charge in [0.1, 0.15) is 0 Å². The van der Waals surface area contributed by atoms with Gasteiger partial charge in [-0.3, -0.25) is 0 Å². The number of hydrogen-bond acceptors (Lipinski definition) is 2. The molecular weight excluding hydrogens is 244 g/mol. The Kier molecular flexibility index (Phi) is 3.39. The lowest BCUT2D eigenvalue weighted by Crippen LogP contribution is -2.21. The highest BCUT2D eigenvalue weighted by Gasteiger charge is 2.25. The molecule has 0 radical (unpaired) electrons. The van der Waals surface area contributed by atoms with Crippen LogP contribution in [0, 0.1) is 13.8 Å². The normalized spacial score (nSPS) is 18.5. The van der Waals surface area contributed by atoms with Crippen molar-refractivity contribution in [2.75, 3.05) is 23.7 Å². The summed E-state index contributed by atoms with van der Waals surface area (Å²) in [6, 6.07) is 14.9. The van der Waals surface area contributed by atoms with Crippen LogP contribution in [0.25, 0.3) is 0 Å². The SMILES string of the molecule is Cc1cccc(C)c1N1CCC(c2ccc(N)cc2)C1. The molecule has 2 heteroatoms. The van der Waals surface area contributed by atoms with Gasteiger partial charge >= 0.3 is 0 Å². The lowest BCUT2D eigenvalue weighted by Gasteiger charge is -2.23. The van der Waals surface area contributed by atoms with Crippen LogP contribution in [0.2, 0.25) is 0 Å². The molecule has 20 heavy (non-hydrogen) atoms. The minimum absolute atomic E-state index is 0.620. The molecule has 0 bridgehead atoms. The van der Waals surface area contributed by atoms with E-state index in [-0.39, 0.29) is 0 Å². The third kappa shape index (κ3) is 2.38. The van der Waals surface area contributed by atoms with E-state index < -0.39 is 0 Å². The Balaban J connectivity index is 1.81. The van der Waals surface area contributed by atoms with Crippen LogP contribution in [0.3, 0.4) is 0 Å². The lowest BCUT2D eigenvalue weighted by atomic mass is 9.98. The van der Waals surface area contributed by atoms with Crippen LogP contribution in [0.5, 0.6) is 0 Å². The summed E-state index contributed by atoms with van der Waals surface area (Å²) >= 11 is 0. The second-order valence-corrected chi connectivity index (χ2v) is 5.84. The fourth-order valence-corrected chi connectivity index (χ4v) is 3.31. The van der Waals surface area contributed by atoms with E-state index in [0.717, 1.165) is 18.8 Å². The first-order valence-corrected chi connectivity index (χ1v) is 7.32. The molecule has 1 saturated heterocycles. The topological polar surface area (TPSA) is 29.3 Å². The van der Waals surface area contributed by atoms with Crippen molar-refractivity contribution in [2.45, 2.75) is 26.2 Å². The Morgan fingerprint density at radius 1 is 1.00 bits per heavy atom. The molecule has 1 heterocycles. The summed E-state index contributed by atoms with van der Waals surface area (Å²) in [5.74, 6) is 0.620. The van der Waals surface area contributed by atoms with Crippen molar-refractivity contribution in [3.8, 4) is 0 Å². The van der Waals surface area contributed by atoms with Crippen LogP contribution >= 0.6 is 0 Å². The van der Waals surface area contributed by atoms with Crippen molar-refractivity contribution in [3.63, 3.8) is 0 Å². The summed E-state index contributed by atoms with van der Waals surface area (Å²) in [4.78, 5) is 2.53. The van der Waals surface area contributed by atoms with E-state index in [9.17, 15) is 0 Å². The molecule has 1 atom stereocenters. The summed E-state index contributed by atoms with van der Waals surface area (Å²) in [5, 5.41) is 0. The first kappa shape index (κ1) is 13.0. The number of nitrogens with two attached hydrogens (primary N) is 1. The Morgan fingerprint density at radius 2 is 1.65 bits per heavy atom. The van der Waals surface area contributed by atoms with E-state index in [1.807, 2.05) is 12.1 Å². The number of para-hydroxylation sites is 1. The highest BCUT2D eigenvalue weighted by molar-refractivity contribution is 5.60. The summed E-state index contributed by atoms with van der Waals surface area (Å²) in [7, 11) is 0. The van der Waals surface area contributed by atoms with Gasteiger partial charge in [0.2, 0.25) is 0 Å². The Labute approximate surface area is 121 Å². The van der Waals surface area contributed by atoms with Gasteiger partial charge in [-0.1, -0.05) is 30.3 Å². The van der Waals surface area contributed by atoms with Crippen LogP contribution in [0.1, 0.15) is 29.0 Å². The van der Waals surface area contributed by atoms with Crippen molar-refractivity contribution < 1.29 is 0 Å². The number of nitrogens with zero attached hydrogens (tertiary/aromatic N) is 1. The molecule has 0 spiro atoms. The smallest absolute Gasteiger partial charge is 0.0425 e. The molecule has 1 aliphatic heterocycles. The van der Waals surface area contributed by atoms with E-state index >= 15 is 0 Å². The van der Waals surface area contributed by atoms with Gasteiger partial charge in [0.25, 0.3) is 0 Å². The number of hydrogen-bond donors (Lipinski definition) is 1. The third-order valence-corrected chi connectivity index (χ3v) is 4.35. The largest absolute Gasteiger partial charge is 0.399 e. The summed E-state index contributed by atoms with van der Waals surface area (Å²) in [5.41, 5.74) is 12.2. The number of nitrogen functional groups attached to an aromatic ring is 1. The van der Waals surface area contributed by atoms with E-state index in [2.05, 4.69) is 49.1 Å². The molecule has 2 nitrogen and oxygen atoms in total. The van der Waals surface area contributed by atoms with E-state index in [1.54, 1.807) is 0 Å². The van der Waals surface area contributed by atoms with Crippen molar-refractivity contribution in [1.29, 1.82) is 0 Å². The lowest BCUT2D eigenvalue weighted by molar-refractivity contribution is 0.775. The Hall–Kier alpha value is -1.96. The van der Waals surface area contributed by atoms with Crippen molar-refractivity contribution >= 4 is 11.4 Å². The highest BCUT2D eigenvalue weighted by atomic mass is 15.2. The number of benzene rings is 2. The average molecular weight is 266 g/mol. The van der Waals surface area contributed by atoms with Gasteiger partial charge in [0, 0.05) is 30.4 Å². The quantitative estimate of drug-likeness (QED) is 0.836. The molecule has 2 aromatic rings. The van der Waals surface area contributed by atoms with Crippen molar-refractivity contribution in [3.05, 3.63) is 59.2 Å². The van der Waals surface area contributed by atoms with Crippen LogP contribution < -0.4 is 10.6 Å². The first-order chi connectivity index (χ1) is 9.65. The van der Waals surface area contributed by atoms with Gasteiger partial charge in [0.05, 0.1) is 0 Å². The van der Waals surface area contributed by atoms with Crippen LogP contribution in [0.4, 0.5) is 11.4 Å². The number of anilines is 2. The molecule has 2 N–H and O–H groups in total. The Morgan fingerprint density at radius 3 is 2.30 bits per heavy atom. The van der Waals surface area contributed by atoms with E-state index in [1.165, 1.54) is 28.8 Å². The second-order valence-electron chi connectivity index (χ2n) is 5.84. The van der Waals surface area contributed by atoms with Crippen molar-refractivity contribution in [1.82, 2.24) is 0 Å². The monoisotopic (exact) mass is 266 g/mol. The summed E-state index contributed by atoms with van der Waals surface area (Å²) in [6.07, 6.45) is 1.22. The molecule has 1 unspecified atom stereocenters. The van der Waals surface area contributed by atoms with Gasteiger partial charge in [-0.05, 0) is 49.1 Å². The zero-order valence-electron chi connectivity index (χ0n) is 12.3. The van der Waals surface area contributed by atoms with Gasteiger partial charge in [-0.25, -0.2) is 0 Å². The fourth-order valence-electron chi connectivity index (χ4n) is 3.31. The predicted octanol–water partition coefficient (Wildman–Crippen LogP) is 3.88. The van der Waals surface area contributed by atoms with Gasteiger partial charge < -0.3 is 10.6 Å². The van der Waals surface area contributed by atoms with Gasteiger partial charge in [0.15, 0.2) is 0 Å². The minimum Gasteiger partial charge on any atom is -0.399 e. The van der Waals surface area contributed by atoms with Crippen LogP contribution in [-0.2, 0) is 0 Å². The molecule has 104 valence electrons. The predicted molar refractivity (Wildman–Crippen MR) is 86.3 cm³/mol. The zero-order chi connectivity index (χ0) is 14.1. The third-order valence-electron chi connectivity index (χ3n) is 4.35. The molecule has 0 amide bonds. The maximum absolute atomic E-state index is 5.77. The molecule has 1 aliphatic rings. The zero-order valence-corrected chi connectivity index (χ0v) is 12.3. The van der Waals surface area contributed by atoms with Crippen molar-refractivity contribution in [2.24, 2.45) is 0 Å². The summed E-state index contributed by atoms with van der Waals surface area (Å²) in [6.45, 7) is 6.66. The highest BCUT2D eigenvalue weighted by Crippen LogP contribution is 2.34. The average Bonchev–Trinajstić information content (AvgIpc) is 2.89. The maximum atomic E-state index is 5.77. The molecule has 0 aliphatic carbocycles. The molecule has 0 aromatic heterocycles. The van der Waals surface area contributed by atoms with Crippen LogP contribution in [0.15, 0.2) is 42.5 Å². The molecule has 1 fully saturated rings. The minimum atomic E-state index is 0.620. The second kappa shape index (κ2) is 5.20. The van der Waals surface area contributed by atoms with E-state index in [0.29, 0.717) is 5.92 Å².